The number of anilines is 2. The first-order valence-corrected chi connectivity index (χ1v) is 12.2. The fraction of sp³-hybridized carbons (Fsp3) is 0.400. The van der Waals surface area contributed by atoms with Gasteiger partial charge >= 0.3 is 6.18 Å². The predicted octanol–water partition coefficient (Wildman–Crippen LogP) is 4.78. The van der Waals surface area contributed by atoms with Crippen LogP contribution in [0.4, 0.5) is 24.8 Å². The van der Waals surface area contributed by atoms with Crippen molar-refractivity contribution in [2.24, 2.45) is 7.05 Å². The molecule has 0 radical (unpaired) electrons. The van der Waals surface area contributed by atoms with Crippen LogP contribution in [0.1, 0.15) is 31.2 Å². The second-order valence-electron chi connectivity index (χ2n) is 9.57. The van der Waals surface area contributed by atoms with E-state index in [9.17, 15) is 13.2 Å². The van der Waals surface area contributed by atoms with E-state index in [1.165, 1.54) is 0 Å². The quantitative estimate of drug-likeness (QED) is 0.280. The molecule has 0 unspecified atom stereocenters. The Hall–Kier alpha value is -3.60. The van der Waals surface area contributed by atoms with Gasteiger partial charge < -0.3 is 20.9 Å². The van der Waals surface area contributed by atoms with E-state index in [1.807, 2.05) is 31.4 Å². The van der Waals surface area contributed by atoms with Crippen LogP contribution >= 0.6 is 0 Å². The maximum atomic E-state index is 14.0. The molecule has 1 aromatic carbocycles. The Morgan fingerprint density at radius 1 is 1.08 bits per heavy atom. The number of nitrogens with one attached hydrogen (secondary N) is 4. The van der Waals surface area contributed by atoms with Gasteiger partial charge in [0.25, 0.3) is 0 Å². The van der Waals surface area contributed by atoms with E-state index in [4.69, 9.17) is 0 Å². The molecule has 188 valence electrons. The number of halogens is 3. The summed E-state index contributed by atoms with van der Waals surface area (Å²) in [4.78, 5) is 11.6. The third kappa shape index (κ3) is 4.27. The molecule has 0 amide bonds. The normalized spacial score (nSPS) is 20.4. The van der Waals surface area contributed by atoms with Gasteiger partial charge in [0.2, 0.25) is 5.95 Å². The molecule has 11 heteroatoms. The van der Waals surface area contributed by atoms with Crippen molar-refractivity contribution >= 4 is 22.5 Å². The smallest absolute Gasteiger partial charge is 0.382 e. The summed E-state index contributed by atoms with van der Waals surface area (Å²) in [5.41, 5.74) is 2.69. The number of rotatable bonds is 0. The fourth-order valence-corrected chi connectivity index (χ4v) is 5.26. The van der Waals surface area contributed by atoms with Crippen molar-refractivity contribution in [3.63, 3.8) is 0 Å². The van der Waals surface area contributed by atoms with Gasteiger partial charge in [0.15, 0.2) is 0 Å². The zero-order valence-electron chi connectivity index (χ0n) is 19.8. The molecule has 4 aromatic rings. The van der Waals surface area contributed by atoms with Crippen molar-refractivity contribution in [1.82, 2.24) is 30.0 Å². The summed E-state index contributed by atoms with van der Waals surface area (Å²) in [6.45, 7) is 1.67. The van der Waals surface area contributed by atoms with E-state index in [-0.39, 0.29) is 17.7 Å². The molecule has 4 N–H and O–H groups in total. The number of alkyl halides is 3. The third-order valence-electron chi connectivity index (χ3n) is 7.00. The molecule has 0 spiro atoms. The molecule has 0 saturated heterocycles. The molecule has 36 heavy (non-hydrogen) atoms. The number of fused-ring (bicyclic) bond motifs is 5. The number of aromatic amines is 1. The van der Waals surface area contributed by atoms with E-state index < -0.39 is 11.7 Å². The standard InChI is InChI=1S/C25H27F3N8/c1-36-13-21-22(35-36)14-3-6-17-18(11-31-20(17)9-14)23-19(25(26,27)28)12-32-24(34-23)33-16-5-4-15(10-16)29-7-2-8-30-21/h3,6,9,11-13,15-16,29-31H,2,4-5,7-8,10H2,1H3,(H,32,33,34)/t15-,16-/m0/s1. The minimum absolute atomic E-state index is 0.107. The molecule has 7 rings (SSSR count). The maximum absolute atomic E-state index is 14.0. The summed E-state index contributed by atoms with van der Waals surface area (Å²) in [6.07, 6.45) is 3.56. The number of aryl methyl sites for hydroxylation is 1. The van der Waals surface area contributed by atoms with Gasteiger partial charge in [-0.1, -0.05) is 12.1 Å². The number of aromatic nitrogens is 5. The molecule has 1 aliphatic carbocycles. The van der Waals surface area contributed by atoms with Gasteiger partial charge in [-0.05, 0) is 38.3 Å². The Morgan fingerprint density at radius 3 is 2.81 bits per heavy atom. The highest BCUT2D eigenvalue weighted by atomic mass is 19.4. The second-order valence-corrected chi connectivity index (χ2v) is 9.57. The van der Waals surface area contributed by atoms with Crippen LogP contribution < -0.4 is 16.0 Å². The van der Waals surface area contributed by atoms with Crippen molar-refractivity contribution in [3.8, 4) is 22.5 Å². The Morgan fingerprint density at radius 2 is 1.94 bits per heavy atom. The Bertz CT molecular complexity index is 1410. The molecule has 8 nitrogen and oxygen atoms in total. The zero-order valence-corrected chi connectivity index (χ0v) is 19.8. The Balaban J connectivity index is 1.48. The van der Waals surface area contributed by atoms with Crippen LogP contribution in [0.25, 0.3) is 33.4 Å². The highest BCUT2D eigenvalue weighted by molar-refractivity contribution is 5.98. The fourth-order valence-electron chi connectivity index (χ4n) is 5.26. The second kappa shape index (κ2) is 8.81. The van der Waals surface area contributed by atoms with Crippen molar-refractivity contribution in [2.45, 2.75) is 43.9 Å². The number of hydrogen-bond acceptors (Lipinski definition) is 6. The average molecular weight is 497 g/mol. The number of H-pyrrole nitrogens is 1. The molecule has 2 aliphatic heterocycles. The molecular formula is C25H27F3N8. The molecule has 2 atom stereocenters. The van der Waals surface area contributed by atoms with Gasteiger partial charge in [0.05, 0.1) is 11.4 Å². The molecular weight excluding hydrogens is 469 g/mol. The molecule has 3 aliphatic rings. The van der Waals surface area contributed by atoms with Gasteiger partial charge in [-0.15, -0.1) is 0 Å². The molecule has 3 aromatic heterocycles. The first-order chi connectivity index (χ1) is 17.3. The number of hydrogen-bond donors (Lipinski definition) is 4. The first kappa shape index (κ1) is 22.8. The lowest BCUT2D eigenvalue weighted by molar-refractivity contribution is -0.137. The average Bonchev–Trinajstić information content (AvgIpc) is 3.55. The monoisotopic (exact) mass is 496 g/mol. The van der Waals surface area contributed by atoms with Crippen LogP contribution in [0.3, 0.4) is 0 Å². The van der Waals surface area contributed by atoms with Crippen LogP contribution in [-0.2, 0) is 13.2 Å². The van der Waals surface area contributed by atoms with Gasteiger partial charge in [0.1, 0.15) is 11.3 Å². The van der Waals surface area contributed by atoms with Gasteiger partial charge in [-0.2, -0.15) is 18.3 Å². The highest BCUT2D eigenvalue weighted by Gasteiger charge is 2.36. The Kier molecular flexibility index (Phi) is 5.59. The van der Waals surface area contributed by atoms with Gasteiger partial charge in [-0.3, -0.25) is 4.68 Å². The van der Waals surface area contributed by atoms with E-state index in [0.717, 1.165) is 61.9 Å². The van der Waals surface area contributed by atoms with Gasteiger partial charge in [0, 0.05) is 66.3 Å². The summed E-state index contributed by atoms with van der Waals surface area (Å²) in [5.74, 6) is 0.217. The summed E-state index contributed by atoms with van der Waals surface area (Å²) < 4.78 is 43.6. The minimum Gasteiger partial charge on any atom is -0.382 e. The van der Waals surface area contributed by atoms with E-state index >= 15 is 0 Å². The number of nitrogens with zero attached hydrogens (tertiary/aromatic N) is 4. The summed E-state index contributed by atoms with van der Waals surface area (Å²) in [6, 6.07) is 6.08. The van der Waals surface area contributed by atoms with Crippen molar-refractivity contribution < 1.29 is 13.2 Å². The van der Waals surface area contributed by atoms with Crippen LogP contribution in [0.5, 0.6) is 0 Å². The zero-order chi connectivity index (χ0) is 24.9. The SMILES string of the molecule is Cn1cc2c(n1)-c1ccc3c(c[nH]c3c1)-c1nc(ncc1C(F)(F)F)N[C@H]1CC[C@@H](C1)NCCCN2. The topological polar surface area (TPSA) is 95.5 Å². The van der Waals surface area contributed by atoms with Crippen molar-refractivity contribution in [2.75, 3.05) is 23.7 Å². The van der Waals surface area contributed by atoms with E-state index in [1.54, 1.807) is 10.9 Å². The lowest BCUT2D eigenvalue weighted by atomic mass is 10.0. The molecule has 5 heterocycles. The van der Waals surface area contributed by atoms with Crippen molar-refractivity contribution in [1.29, 1.82) is 0 Å². The summed E-state index contributed by atoms with van der Waals surface area (Å²) in [5, 5.41) is 15.6. The number of benzene rings is 1. The molecule has 8 bridgehead atoms. The molecule has 1 fully saturated rings. The third-order valence-corrected chi connectivity index (χ3v) is 7.00. The van der Waals surface area contributed by atoms with Crippen LogP contribution in [-0.4, -0.2) is 49.9 Å². The summed E-state index contributed by atoms with van der Waals surface area (Å²) >= 11 is 0. The van der Waals surface area contributed by atoms with Gasteiger partial charge in [-0.25, -0.2) is 9.97 Å². The predicted molar refractivity (Wildman–Crippen MR) is 133 cm³/mol. The lowest BCUT2D eigenvalue weighted by Gasteiger charge is -2.17. The van der Waals surface area contributed by atoms with E-state index in [2.05, 4.69) is 36.0 Å². The largest absolute Gasteiger partial charge is 0.419 e. The first-order valence-electron chi connectivity index (χ1n) is 12.2. The molecule has 1 saturated carbocycles. The maximum Gasteiger partial charge on any atom is 0.419 e. The van der Waals surface area contributed by atoms with Crippen LogP contribution in [0, 0.1) is 0 Å². The van der Waals surface area contributed by atoms with Crippen molar-refractivity contribution in [3.05, 3.63) is 42.4 Å². The highest BCUT2D eigenvalue weighted by Crippen LogP contribution is 2.40. The summed E-state index contributed by atoms with van der Waals surface area (Å²) in [7, 11) is 1.87. The van der Waals surface area contributed by atoms with Crippen LogP contribution in [0.2, 0.25) is 0 Å². The Labute approximate surface area is 205 Å². The van der Waals surface area contributed by atoms with Crippen LogP contribution in [0.15, 0.2) is 36.8 Å². The minimum atomic E-state index is -4.58. The van der Waals surface area contributed by atoms with E-state index in [0.29, 0.717) is 22.5 Å². The lowest BCUT2D eigenvalue weighted by Crippen LogP contribution is -2.30.